The minimum atomic E-state index is -1.42. The lowest BCUT2D eigenvalue weighted by molar-refractivity contribution is -0.252. The van der Waals surface area contributed by atoms with Gasteiger partial charge in [-0.25, -0.2) is 4.79 Å². The Hall–Kier alpha value is -2.27. The van der Waals surface area contributed by atoms with Gasteiger partial charge < -0.3 is 33.6 Å². The van der Waals surface area contributed by atoms with E-state index in [1.807, 2.05) is 33.8 Å². The van der Waals surface area contributed by atoms with E-state index in [1.165, 1.54) is 0 Å². The van der Waals surface area contributed by atoms with Gasteiger partial charge in [0.2, 0.25) is 0 Å². The molecule has 7 rings (SSSR count). The maximum absolute atomic E-state index is 14.4. The van der Waals surface area contributed by atoms with E-state index in [1.54, 1.807) is 6.26 Å². The molecule has 1 aromatic rings. The van der Waals surface area contributed by atoms with Gasteiger partial charge in [0, 0.05) is 34.8 Å². The van der Waals surface area contributed by atoms with Crippen LogP contribution < -0.4 is 0 Å². The number of rotatable bonds is 8. The van der Waals surface area contributed by atoms with Crippen molar-refractivity contribution < 1.29 is 48.0 Å². The SMILES string of the molecule is CCCCCC(CO)Cc1occc1C1OC(=O)C2OC23C1(C)CCC1C24COC(=O)CC2OC(C)(C)C4C(=O)C(O)C13C. The van der Waals surface area contributed by atoms with Crippen molar-refractivity contribution in [3.8, 4) is 0 Å². The van der Waals surface area contributed by atoms with E-state index in [4.69, 9.17) is 23.4 Å². The first-order valence-electron chi connectivity index (χ1n) is 16.4. The number of aliphatic hydroxyl groups excluding tert-OH is 2. The molecule has 44 heavy (non-hydrogen) atoms. The number of cyclic esters (lactones) is 2. The van der Waals surface area contributed by atoms with Crippen LogP contribution in [0.1, 0.15) is 97.0 Å². The minimum Gasteiger partial charge on any atom is -0.469 e. The molecular weight excluding hydrogens is 568 g/mol. The molecular formula is C34H46O10. The van der Waals surface area contributed by atoms with Crippen LogP contribution >= 0.6 is 0 Å². The summed E-state index contributed by atoms with van der Waals surface area (Å²) in [5.74, 6) is -1.54. The van der Waals surface area contributed by atoms with Crippen LogP contribution in [0.4, 0.5) is 0 Å². The zero-order valence-corrected chi connectivity index (χ0v) is 26.4. The number of furan rings is 1. The van der Waals surface area contributed by atoms with Crippen molar-refractivity contribution in [2.45, 2.75) is 122 Å². The molecule has 6 fully saturated rings. The first-order valence-corrected chi connectivity index (χ1v) is 16.4. The maximum Gasteiger partial charge on any atom is 0.339 e. The number of fused-ring (bicyclic) bond motifs is 1. The summed E-state index contributed by atoms with van der Waals surface area (Å²) >= 11 is 0. The highest BCUT2D eigenvalue weighted by Crippen LogP contribution is 2.80. The highest BCUT2D eigenvalue weighted by Gasteiger charge is 2.90. The fraction of sp³-hybridized carbons (Fsp3) is 0.794. The van der Waals surface area contributed by atoms with Gasteiger partial charge >= 0.3 is 11.9 Å². The molecule has 0 amide bonds. The van der Waals surface area contributed by atoms with Crippen molar-refractivity contribution in [2.24, 2.45) is 34.0 Å². The number of ketones is 1. The number of epoxide rings is 1. The molecule has 5 heterocycles. The molecule has 4 aliphatic heterocycles. The fourth-order valence-corrected chi connectivity index (χ4v) is 11.0. The summed E-state index contributed by atoms with van der Waals surface area (Å²) in [5, 5.41) is 22.3. The Kier molecular flexibility index (Phi) is 6.81. The second-order valence-corrected chi connectivity index (χ2v) is 15.3. The first kappa shape index (κ1) is 30.4. The highest BCUT2D eigenvalue weighted by atomic mass is 16.7. The molecule has 0 radical (unpaired) electrons. The second kappa shape index (κ2) is 9.86. The Balaban J connectivity index is 1.30. The predicted molar refractivity (Wildman–Crippen MR) is 154 cm³/mol. The number of carbonyl (C=O) groups excluding carboxylic acids is 3. The number of hydrogen-bond acceptors (Lipinski definition) is 10. The van der Waals surface area contributed by atoms with Crippen LogP contribution in [0.25, 0.3) is 0 Å². The molecule has 10 nitrogen and oxygen atoms in total. The summed E-state index contributed by atoms with van der Waals surface area (Å²) in [6, 6.07) is 1.84. The summed E-state index contributed by atoms with van der Waals surface area (Å²) in [6.07, 6.45) is 3.76. The molecule has 2 N–H and O–H groups in total. The van der Waals surface area contributed by atoms with Crippen LogP contribution in [0.3, 0.4) is 0 Å². The Bertz CT molecular complexity index is 1370. The quantitative estimate of drug-likeness (QED) is 0.252. The molecule has 11 unspecified atom stereocenters. The van der Waals surface area contributed by atoms with E-state index in [0.29, 0.717) is 25.0 Å². The van der Waals surface area contributed by atoms with Gasteiger partial charge in [-0.1, -0.05) is 40.0 Å². The van der Waals surface area contributed by atoms with E-state index >= 15 is 0 Å². The summed E-state index contributed by atoms with van der Waals surface area (Å²) in [7, 11) is 0. The smallest absolute Gasteiger partial charge is 0.339 e. The third kappa shape index (κ3) is 3.60. The Morgan fingerprint density at radius 2 is 1.84 bits per heavy atom. The van der Waals surface area contributed by atoms with Crippen molar-refractivity contribution in [1.29, 1.82) is 0 Å². The highest BCUT2D eigenvalue weighted by molar-refractivity contribution is 5.92. The Morgan fingerprint density at radius 1 is 1.07 bits per heavy atom. The molecule has 0 aromatic carbocycles. The summed E-state index contributed by atoms with van der Waals surface area (Å²) in [6.45, 7) is 9.85. The van der Waals surface area contributed by atoms with Crippen LogP contribution in [-0.4, -0.2) is 70.7 Å². The fourth-order valence-electron chi connectivity index (χ4n) is 11.0. The van der Waals surface area contributed by atoms with Crippen LogP contribution in [0.15, 0.2) is 16.7 Å². The molecule has 1 aromatic heterocycles. The third-order valence-electron chi connectivity index (χ3n) is 12.9. The zero-order chi connectivity index (χ0) is 31.4. The van der Waals surface area contributed by atoms with Gasteiger partial charge in [-0.05, 0) is 51.0 Å². The zero-order valence-electron chi connectivity index (χ0n) is 26.4. The van der Waals surface area contributed by atoms with E-state index in [9.17, 15) is 24.6 Å². The number of hydrogen-bond donors (Lipinski definition) is 2. The maximum atomic E-state index is 14.4. The molecule has 11 atom stereocenters. The Morgan fingerprint density at radius 3 is 2.57 bits per heavy atom. The van der Waals surface area contributed by atoms with Crippen LogP contribution in [0.5, 0.6) is 0 Å². The summed E-state index contributed by atoms with van der Waals surface area (Å²) in [5.41, 5.74) is -4.18. The topological polar surface area (TPSA) is 145 Å². The summed E-state index contributed by atoms with van der Waals surface area (Å²) in [4.78, 5) is 40.6. The number of ether oxygens (including phenoxy) is 4. The monoisotopic (exact) mass is 614 g/mol. The van der Waals surface area contributed by atoms with E-state index in [0.717, 1.165) is 31.2 Å². The van der Waals surface area contributed by atoms with Crippen molar-refractivity contribution in [1.82, 2.24) is 0 Å². The molecule has 2 saturated carbocycles. The third-order valence-corrected chi connectivity index (χ3v) is 12.9. The normalized spacial score (nSPS) is 45.7. The van der Waals surface area contributed by atoms with Gasteiger partial charge in [0.1, 0.15) is 30.2 Å². The largest absolute Gasteiger partial charge is 0.469 e. The Labute approximate surface area is 258 Å². The van der Waals surface area contributed by atoms with Gasteiger partial charge in [0.05, 0.1) is 30.3 Å². The van der Waals surface area contributed by atoms with Crippen molar-refractivity contribution in [2.75, 3.05) is 13.2 Å². The average Bonchev–Trinajstić information content (AvgIpc) is 3.53. The number of aliphatic hydroxyl groups is 2. The van der Waals surface area contributed by atoms with Gasteiger partial charge in [-0.2, -0.15) is 0 Å². The van der Waals surface area contributed by atoms with Gasteiger partial charge in [-0.3, -0.25) is 9.59 Å². The van der Waals surface area contributed by atoms with Crippen LogP contribution in [0.2, 0.25) is 0 Å². The van der Waals surface area contributed by atoms with E-state index in [-0.39, 0.29) is 43.2 Å². The molecule has 0 bridgehead atoms. The van der Waals surface area contributed by atoms with Gasteiger partial charge in [0.15, 0.2) is 11.9 Å². The second-order valence-electron chi connectivity index (χ2n) is 15.3. The van der Waals surface area contributed by atoms with E-state index in [2.05, 4.69) is 6.92 Å². The standard InChI is InChI=1S/C34H46O10/c1-6-7-8-9-18(16-35)14-20-19(11-13-40-20)27-31(4)12-10-21-32(5,34(31)28(44-34)29(39)42-27)26(38)24(37)25-30(2,3)43-22-15-23(36)41-17-33(21,22)25/h11,13,18,21-22,25-28,35,38H,6-10,12,14-17H2,1-5H3. The molecule has 4 saturated heterocycles. The molecule has 10 heteroatoms. The van der Waals surface area contributed by atoms with Gasteiger partial charge in [-0.15, -0.1) is 0 Å². The van der Waals surface area contributed by atoms with Gasteiger partial charge in [0.25, 0.3) is 0 Å². The van der Waals surface area contributed by atoms with Crippen LogP contribution in [-0.2, 0) is 39.8 Å². The summed E-state index contributed by atoms with van der Waals surface area (Å²) < 4.78 is 30.9. The molecule has 242 valence electrons. The first-order chi connectivity index (χ1) is 20.8. The molecule has 6 aliphatic rings. The number of carbonyl (C=O) groups is 3. The number of unbranched alkanes of at least 4 members (excludes halogenated alkanes) is 2. The minimum absolute atomic E-state index is 0.0103. The van der Waals surface area contributed by atoms with Crippen molar-refractivity contribution >= 4 is 17.7 Å². The predicted octanol–water partition coefficient (Wildman–Crippen LogP) is 3.84. The average molecular weight is 615 g/mol. The lowest BCUT2D eigenvalue weighted by atomic mass is 9.36. The van der Waals surface area contributed by atoms with E-state index < -0.39 is 63.8 Å². The number of Topliss-reactive ketones (excluding diaryl/α,β-unsaturated/α-hetero) is 1. The molecule has 2 spiro atoms. The molecule has 2 aliphatic carbocycles. The van der Waals surface area contributed by atoms with Crippen LogP contribution in [0, 0.1) is 34.0 Å². The van der Waals surface area contributed by atoms with Crippen molar-refractivity contribution in [3.63, 3.8) is 0 Å². The lowest BCUT2D eigenvalue weighted by Crippen LogP contribution is -2.76. The lowest BCUT2D eigenvalue weighted by Gasteiger charge is -2.66. The van der Waals surface area contributed by atoms with Crippen molar-refractivity contribution in [3.05, 3.63) is 23.7 Å². The number of esters is 2.